The summed E-state index contributed by atoms with van der Waals surface area (Å²) < 4.78 is 0. The second-order valence-electron chi connectivity index (χ2n) is 6.51. The van der Waals surface area contributed by atoms with E-state index >= 15 is 0 Å². The lowest BCUT2D eigenvalue weighted by molar-refractivity contribution is -0.121. The Morgan fingerprint density at radius 1 is 1.30 bits per heavy atom. The number of benzene rings is 1. The van der Waals surface area contributed by atoms with Gasteiger partial charge in [-0.25, -0.2) is 0 Å². The Bertz CT molecular complexity index is 474. The van der Waals surface area contributed by atoms with Crippen molar-refractivity contribution in [2.45, 2.75) is 52.0 Å². The number of amides is 1. The molecule has 1 amide bonds. The lowest BCUT2D eigenvalue weighted by atomic mass is 9.85. The fourth-order valence-corrected chi connectivity index (χ4v) is 2.89. The molecule has 20 heavy (non-hydrogen) atoms. The molecule has 0 radical (unpaired) electrons. The minimum absolute atomic E-state index is 0.0261. The number of anilines is 1. The monoisotopic (exact) mass is 274 g/mol. The maximum absolute atomic E-state index is 12.7. The Morgan fingerprint density at radius 2 is 2.00 bits per heavy atom. The highest BCUT2D eigenvalue weighted by molar-refractivity contribution is 5.98. The minimum Gasteiger partial charge on any atom is -0.311 e. The predicted octanol–water partition coefficient (Wildman–Crippen LogP) is 3.09. The van der Waals surface area contributed by atoms with Crippen molar-refractivity contribution in [1.29, 1.82) is 0 Å². The highest BCUT2D eigenvalue weighted by Gasteiger charge is 2.31. The highest BCUT2D eigenvalue weighted by Crippen LogP contribution is 2.33. The average molecular weight is 274 g/mol. The van der Waals surface area contributed by atoms with Gasteiger partial charge in [0.2, 0.25) is 5.91 Å². The van der Waals surface area contributed by atoms with Crippen LogP contribution in [0.3, 0.4) is 0 Å². The average Bonchev–Trinajstić information content (AvgIpc) is 2.40. The van der Waals surface area contributed by atoms with Crippen LogP contribution in [0, 0.1) is 0 Å². The summed E-state index contributed by atoms with van der Waals surface area (Å²) in [6, 6.07) is 8.27. The van der Waals surface area contributed by atoms with Gasteiger partial charge < -0.3 is 10.2 Å². The van der Waals surface area contributed by atoms with Crippen molar-refractivity contribution in [3.63, 3.8) is 0 Å². The summed E-state index contributed by atoms with van der Waals surface area (Å²) in [5, 5.41) is 3.30. The summed E-state index contributed by atoms with van der Waals surface area (Å²) in [5.41, 5.74) is 2.36. The standard InChI is InChI=1S/C17H26N2O/c1-5-18-14-10-8-12-19(16(14)20)15-11-7-6-9-13(15)17(2,3)4/h6-7,9,11,14,18H,5,8,10,12H2,1-4H3. The van der Waals surface area contributed by atoms with Gasteiger partial charge in [0.25, 0.3) is 0 Å². The molecule has 3 heteroatoms. The largest absolute Gasteiger partial charge is 0.311 e. The first-order valence-electron chi connectivity index (χ1n) is 7.59. The van der Waals surface area contributed by atoms with E-state index in [4.69, 9.17) is 0 Å². The van der Waals surface area contributed by atoms with Crippen LogP contribution < -0.4 is 10.2 Å². The number of hydrogen-bond acceptors (Lipinski definition) is 2. The Balaban J connectivity index is 2.34. The van der Waals surface area contributed by atoms with Crippen molar-refractivity contribution in [2.24, 2.45) is 0 Å². The van der Waals surface area contributed by atoms with E-state index in [2.05, 4.69) is 51.2 Å². The molecule has 1 atom stereocenters. The number of nitrogens with one attached hydrogen (secondary N) is 1. The number of rotatable bonds is 3. The zero-order valence-electron chi connectivity index (χ0n) is 13.1. The summed E-state index contributed by atoms with van der Waals surface area (Å²) in [4.78, 5) is 14.6. The highest BCUT2D eigenvalue weighted by atomic mass is 16.2. The van der Waals surface area contributed by atoms with Crippen molar-refractivity contribution in [1.82, 2.24) is 5.32 Å². The van der Waals surface area contributed by atoms with E-state index in [1.807, 2.05) is 11.0 Å². The SMILES string of the molecule is CCNC1CCCN(c2ccccc2C(C)(C)C)C1=O. The smallest absolute Gasteiger partial charge is 0.244 e. The molecule has 1 aromatic rings. The number of likely N-dealkylation sites (N-methyl/N-ethyl adjacent to an activating group) is 1. The first-order chi connectivity index (χ1) is 9.45. The van der Waals surface area contributed by atoms with Crippen LogP contribution in [0.15, 0.2) is 24.3 Å². The lowest BCUT2D eigenvalue weighted by Crippen LogP contribution is -2.51. The van der Waals surface area contributed by atoms with Crippen LogP contribution in [-0.4, -0.2) is 25.0 Å². The molecule has 2 rings (SSSR count). The topological polar surface area (TPSA) is 32.3 Å². The number of carbonyl (C=O) groups excluding carboxylic acids is 1. The van der Waals surface area contributed by atoms with E-state index in [9.17, 15) is 4.79 Å². The van der Waals surface area contributed by atoms with E-state index in [1.54, 1.807) is 0 Å². The van der Waals surface area contributed by atoms with Gasteiger partial charge >= 0.3 is 0 Å². The lowest BCUT2D eigenvalue weighted by Gasteiger charge is -2.36. The van der Waals surface area contributed by atoms with E-state index in [-0.39, 0.29) is 17.4 Å². The van der Waals surface area contributed by atoms with Gasteiger partial charge in [-0.05, 0) is 36.4 Å². The zero-order valence-corrected chi connectivity index (χ0v) is 13.1. The first-order valence-corrected chi connectivity index (χ1v) is 7.59. The van der Waals surface area contributed by atoms with E-state index in [0.717, 1.165) is 31.6 Å². The molecule has 110 valence electrons. The van der Waals surface area contributed by atoms with Gasteiger partial charge in [0, 0.05) is 12.2 Å². The third-order valence-corrected chi connectivity index (χ3v) is 3.89. The molecular formula is C17H26N2O. The van der Waals surface area contributed by atoms with Gasteiger partial charge in [0.1, 0.15) is 0 Å². The van der Waals surface area contributed by atoms with Crippen LogP contribution >= 0.6 is 0 Å². The molecule has 0 spiro atoms. The molecule has 0 aliphatic carbocycles. The van der Waals surface area contributed by atoms with Crippen molar-refractivity contribution >= 4 is 11.6 Å². The molecule has 1 saturated heterocycles. The molecule has 0 bridgehead atoms. The van der Waals surface area contributed by atoms with Crippen molar-refractivity contribution in [2.75, 3.05) is 18.0 Å². The summed E-state index contributed by atoms with van der Waals surface area (Å²) >= 11 is 0. The molecule has 1 aliphatic rings. The predicted molar refractivity (Wildman–Crippen MR) is 84.2 cm³/mol. The molecule has 1 heterocycles. The number of para-hydroxylation sites is 1. The van der Waals surface area contributed by atoms with Crippen LogP contribution in [0.2, 0.25) is 0 Å². The van der Waals surface area contributed by atoms with E-state index in [1.165, 1.54) is 5.56 Å². The fraction of sp³-hybridized carbons (Fsp3) is 0.588. The molecule has 1 N–H and O–H groups in total. The quantitative estimate of drug-likeness (QED) is 0.918. The van der Waals surface area contributed by atoms with Crippen LogP contribution in [0.4, 0.5) is 5.69 Å². The third kappa shape index (κ3) is 3.04. The molecular weight excluding hydrogens is 248 g/mol. The first kappa shape index (κ1) is 15.0. The van der Waals surface area contributed by atoms with Crippen LogP contribution in [0.1, 0.15) is 46.1 Å². The number of carbonyl (C=O) groups is 1. The maximum atomic E-state index is 12.7. The third-order valence-electron chi connectivity index (χ3n) is 3.89. The molecule has 3 nitrogen and oxygen atoms in total. The Labute approximate surface area is 122 Å². The number of hydrogen-bond donors (Lipinski definition) is 1. The molecule has 0 aromatic heterocycles. The second-order valence-corrected chi connectivity index (χ2v) is 6.51. The molecule has 1 unspecified atom stereocenters. The summed E-state index contributed by atoms with van der Waals surface area (Å²) in [7, 11) is 0. The second kappa shape index (κ2) is 5.96. The normalized spacial score (nSPS) is 20.3. The minimum atomic E-state index is -0.0261. The molecule has 1 aliphatic heterocycles. The van der Waals surface area contributed by atoms with E-state index < -0.39 is 0 Å². The van der Waals surface area contributed by atoms with Crippen LogP contribution in [0.5, 0.6) is 0 Å². The summed E-state index contributed by atoms with van der Waals surface area (Å²) in [6.45, 7) is 10.3. The van der Waals surface area contributed by atoms with Gasteiger partial charge in [-0.15, -0.1) is 0 Å². The van der Waals surface area contributed by atoms with Gasteiger partial charge in [-0.1, -0.05) is 45.9 Å². The zero-order chi connectivity index (χ0) is 14.8. The van der Waals surface area contributed by atoms with Crippen molar-refractivity contribution in [3.8, 4) is 0 Å². The summed E-state index contributed by atoms with van der Waals surface area (Å²) in [6.07, 6.45) is 2.00. The van der Waals surface area contributed by atoms with E-state index in [0.29, 0.717) is 0 Å². The molecule has 0 saturated carbocycles. The summed E-state index contributed by atoms with van der Waals surface area (Å²) in [5.74, 6) is 0.217. The fourth-order valence-electron chi connectivity index (χ4n) is 2.89. The van der Waals surface area contributed by atoms with Gasteiger partial charge in [0.05, 0.1) is 6.04 Å². The van der Waals surface area contributed by atoms with Crippen molar-refractivity contribution < 1.29 is 4.79 Å². The van der Waals surface area contributed by atoms with Gasteiger partial charge in [-0.3, -0.25) is 4.79 Å². The van der Waals surface area contributed by atoms with Crippen molar-refractivity contribution in [3.05, 3.63) is 29.8 Å². The number of piperidine rings is 1. The number of nitrogens with zero attached hydrogens (tertiary/aromatic N) is 1. The van der Waals surface area contributed by atoms with Crippen LogP contribution in [0.25, 0.3) is 0 Å². The Hall–Kier alpha value is -1.35. The maximum Gasteiger partial charge on any atom is 0.244 e. The van der Waals surface area contributed by atoms with Gasteiger partial charge in [-0.2, -0.15) is 0 Å². The Kier molecular flexibility index (Phi) is 4.48. The molecule has 1 fully saturated rings. The van der Waals surface area contributed by atoms with Gasteiger partial charge in [0.15, 0.2) is 0 Å². The Morgan fingerprint density at radius 3 is 2.65 bits per heavy atom. The molecule has 1 aromatic carbocycles. The van der Waals surface area contributed by atoms with Crippen LogP contribution in [-0.2, 0) is 10.2 Å².